The van der Waals surface area contributed by atoms with E-state index in [1.165, 1.54) is 0 Å². The summed E-state index contributed by atoms with van der Waals surface area (Å²) in [5, 5.41) is 2.96. The summed E-state index contributed by atoms with van der Waals surface area (Å²) in [6.07, 6.45) is 2.33. The number of anilines is 1. The topological polar surface area (TPSA) is 80.1 Å². The first kappa shape index (κ1) is 16.1. The fourth-order valence-corrected chi connectivity index (χ4v) is 2.43. The lowest BCUT2D eigenvalue weighted by Gasteiger charge is -2.21. The number of H-pyrrole nitrogens is 1. The molecular formula is C17H23N3O2. The first-order valence-electron chi connectivity index (χ1n) is 7.40. The second kappa shape index (κ2) is 7.66. The second-order valence-electron chi connectivity index (χ2n) is 5.35. The molecule has 118 valence electrons. The number of aromatic nitrogens is 1. The van der Waals surface area contributed by atoms with Gasteiger partial charge in [-0.15, -0.1) is 0 Å². The maximum absolute atomic E-state index is 12.3. The van der Waals surface area contributed by atoms with Crippen LogP contribution in [0, 0.1) is 5.92 Å². The molecule has 0 fully saturated rings. The summed E-state index contributed by atoms with van der Waals surface area (Å²) < 4.78 is 5.45. The van der Waals surface area contributed by atoms with E-state index in [0.29, 0.717) is 6.54 Å². The molecule has 22 heavy (non-hydrogen) atoms. The minimum atomic E-state index is -0.272. The van der Waals surface area contributed by atoms with Crippen molar-refractivity contribution in [3.05, 3.63) is 53.9 Å². The Labute approximate surface area is 130 Å². The zero-order valence-corrected chi connectivity index (χ0v) is 13.0. The summed E-state index contributed by atoms with van der Waals surface area (Å²) in [6.45, 7) is 2.46. The van der Waals surface area contributed by atoms with Crippen molar-refractivity contribution in [3.63, 3.8) is 0 Å². The maximum Gasteiger partial charge on any atom is 0.225 e. The van der Waals surface area contributed by atoms with Crippen molar-refractivity contribution in [2.24, 2.45) is 5.92 Å². The third kappa shape index (κ3) is 4.11. The van der Waals surface area contributed by atoms with Crippen molar-refractivity contribution in [1.29, 1.82) is 0 Å². The number of rotatable bonds is 7. The van der Waals surface area contributed by atoms with E-state index in [2.05, 4.69) is 10.3 Å². The molecule has 0 saturated heterocycles. The Kier molecular flexibility index (Phi) is 5.61. The average Bonchev–Trinajstić information content (AvgIpc) is 3.04. The number of benzene rings is 1. The van der Waals surface area contributed by atoms with Crippen molar-refractivity contribution >= 4 is 11.6 Å². The van der Waals surface area contributed by atoms with Gasteiger partial charge in [0.25, 0.3) is 0 Å². The number of nitrogens with two attached hydrogens (primary N) is 1. The Morgan fingerprint density at radius 1 is 1.32 bits per heavy atom. The van der Waals surface area contributed by atoms with Crippen LogP contribution >= 0.6 is 0 Å². The van der Waals surface area contributed by atoms with Crippen molar-refractivity contribution in [2.45, 2.75) is 19.4 Å². The van der Waals surface area contributed by atoms with Crippen molar-refractivity contribution in [2.75, 3.05) is 19.4 Å². The molecule has 2 rings (SSSR count). The zero-order chi connectivity index (χ0) is 15.9. The van der Waals surface area contributed by atoms with E-state index in [9.17, 15) is 4.79 Å². The van der Waals surface area contributed by atoms with E-state index in [1.807, 2.05) is 49.5 Å². The Hall–Kier alpha value is -2.27. The summed E-state index contributed by atoms with van der Waals surface area (Å²) in [4.78, 5) is 15.4. The molecule has 1 aromatic heterocycles. The van der Waals surface area contributed by atoms with Gasteiger partial charge in [0.15, 0.2) is 0 Å². The summed E-state index contributed by atoms with van der Waals surface area (Å²) in [5.74, 6) is -0.285. The highest BCUT2D eigenvalue weighted by Gasteiger charge is 2.25. The Morgan fingerprint density at radius 3 is 2.64 bits per heavy atom. The predicted molar refractivity (Wildman–Crippen MR) is 87.3 cm³/mol. The Balaban J connectivity index is 1.84. The summed E-state index contributed by atoms with van der Waals surface area (Å²) in [6, 6.07) is 11.5. The predicted octanol–water partition coefficient (Wildman–Crippen LogP) is 2.28. The molecule has 0 aliphatic heterocycles. The number of carbonyl (C=O) groups excluding carboxylic acids is 1. The van der Waals surface area contributed by atoms with Crippen LogP contribution in [0.3, 0.4) is 0 Å². The number of nitrogens with one attached hydrogen (secondary N) is 2. The summed E-state index contributed by atoms with van der Waals surface area (Å²) in [7, 11) is 1.61. The van der Waals surface area contributed by atoms with Crippen LogP contribution in [-0.2, 0) is 16.0 Å². The number of methoxy groups -OCH3 is 1. The lowest BCUT2D eigenvalue weighted by Crippen LogP contribution is -2.34. The zero-order valence-electron chi connectivity index (χ0n) is 13.0. The summed E-state index contributed by atoms with van der Waals surface area (Å²) in [5.41, 5.74) is 8.45. The molecule has 1 heterocycles. The van der Waals surface area contributed by atoms with E-state index in [4.69, 9.17) is 10.5 Å². The van der Waals surface area contributed by atoms with Crippen LogP contribution in [0.2, 0.25) is 0 Å². The van der Waals surface area contributed by atoms with Crippen LogP contribution in [0.5, 0.6) is 0 Å². The van der Waals surface area contributed by atoms with Gasteiger partial charge < -0.3 is 20.8 Å². The molecule has 1 amide bonds. The van der Waals surface area contributed by atoms with Gasteiger partial charge in [-0.3, -0.25) is 4.79 Å². The molecular weight excluding hydrogens is 278 g/mol. The number of nitrogen functional groups attached to an aromatic ring is 1. The quantitative estimate of drug-likeness (QED) is 0.686. The van der Waals surface area contributed by atoms with Crippen LogP contribution in [0.15, 0.2) is 42.6 Å². The molecule has 2 atom stereocenters. The number of aromatic amines is 1. The van der Waals surface area contributed by atoms with E-state index >= 15 is 0 Å². The van der Waals surface area contributed by atoms with Gasteiger partial charge in [-0.25, -0.2) is 0 Å². The smallest absolute Gasteiger partial charge is 0.225 e. The fourth-order valence-electron chi connectivity index (χ4n) is 2.43. The second-order valence-corrected chi connectivity index (χ2v) is 5.35. The van der Waals surface area contributed by atoms with Gasteiger partial charge in [-0.1, -0.05) is 19.1 Å². The third-order valence-electron chi connectivity index (χ3n) is 3.74. The van der Waals surface area contributed by atoms with Gasteiger partial charge in [0.1, 0.15) is 6.10 Å². The van der Waals surface area contributed by atoms with Gasteiger partial charge in [0.05, 0.1) is 5.92 Å². The molecule has 0 aliphatic carbocycles. The highest BCUT2D eigenvalue weighted by atomic mass is 16.5. The van der Waals surface area contributed by atoms with E-state index in [0.717, 1.165) is 23.4 Å². The van der Waals surface area contributed by atoms with E-state index in [1.54, 1.807) is 7.11 Å². The van der Waals surface area contributed by atoms with Crippen molar-refractivity contribution in [3.8, 4) is 0 Å². The van der Waals surface area contributed by atoms with Crippen LogP contribution in [0.1, 0.15) is 24.3 Å². The molecule has 0 unspecified atom stereocenters. The lowest BCUT2D eigenvalue weighted by molar-refractivity contribution is -0.129. The number of amides is 1. The molecule has 0 saturated carbocycles. The first-order valence-corrected chi connectivity index (χ1v) is 7.40. The third-order valence-corrected chi connectivity index (χ3v) is 3.74. The molecule has 0 spiro atoms. The van der Waals surface area contributed by atoms with E-state index in [-0.39, 0.29) is 17.9 Å². The standard InChI is InChI=1S/C17H23N3O2/c1-12(16(22-2)15-4-3-10-19-15)17(21)20-11-9-13-5-7-14(18)8-6-13/h3-8,10,12,16,19H,9,11,18H2,1-2H3,(H,20,21)/t12-,16-/m1/s1. The Bertz CT molecular complexity index is 578. The molecule has 0 radical (unpaired) electrons. The SMILES string of the molecule is CO[C@@H](c1ccc[nH]1)[C@@H](C)C(=O)NCCc1ccc(N)cc1. The fraction of sp³-hybridized carbons (Fsp3) is 0.353. The van der Waals surface area contributed by atoms with Gasteiger partial charge in [0, 0.05) is 31.2 Å². The number of hydrogen-bond donors (Lipinski definition) is 3. The number of ether oxygens (including phenoxy) is 1. The molecule has 0 bridgehead atoms. The average molecular weight is 301 g/mol. The van der Waals surface area contributed by atoms with Gasteiger partial charge >= 0.3 is 0 Å². The van der Waals surface area contributed by atoms with Gasteiger partial charge in [-0.2, -0.15) is 0 Å². The number of carbonyl (C=O) groups is 1. The highest BCUT2D eigenvalue weighted by Crippen LogP contribution is 2.24. The lowest BCUT2D eigenvalue weighted by atomic mass is 10.0. The highest BCUT2D eigenvalue weighted by molar-refractivity contribution is 5.79. The first-order chi connectivity index (χ1) is 10.6. The van der Waals surface area contributed by atoms with Gasteiger partial charge in [-0.05, 0) is 36.2 Å². The van der Waals surface area contributed by atoms with Crippen LogP contribution in [-0.4, -0.2) is 24.5 Å². The summed E-state index contributed by atoms with van der Waals surface area (Å²) >= 11 is 0. The van der Waals surface area contributed by atoms with Crippen molar-refractivity contribution in [1.82, 2.24) is 10.3 Å². The van der Waals surface area contributed by atoms with Crippen molar-refractivity contribution < 1.29 is 9.53 Å². The number of hydrogen-bond acceptors (Lipinski definition) is 3. The van der Waals surface area contributed by atoms with Crippen LogP contribution in [0.4, 0.5) is 5.69 Å². The minimum absolute atomic E-state index is 0.0168. The normalized spacial score (nSPS) is 13.5. The van der Waals surface area contributed by atoms with Crippen LogP contribution < -0.4 is 11.1 Å². The minimum Gasteiger partial charge on any atom is -0.399 e. The molecule has 1 aromatic carbocycles. The molecule has 2 aromatic rings. The molecule has 5 heteroatoms. The molecule has 4 N–H and O–H groups in total. The van der Waals surface area contributed by atoms with E-state index < -0.39 is 0 Å². The Morgan fingerprint density at radius 2 is 2.05 bits per heavy atom. The largest absolute Gasteiger partial charge is 0.399 e. The molecule has 5 nitrogen and oxygen atoms in total. The van der Waals surface area contributed by atoms with Crippen LogP contribution in [0.25, 0.3) is 0 Å². The maximum atomic E-state index is 12.3. The monoisotopic (exact) mass is 301 g/mol. The van der Waals surface area contributed by atoms with Gasteiger partial charge in [0.2, 0.25) is 5.91 Å². The molecule has 0 aliphatic rings.